The van der Waals surface area contributed by atoms with E-state index < -0.39 is 6.04 Å². The number of carbonyl (C=O) groups is 1. The van der Waals surface area contributed by atoms with Gasteiger partial charge in [0.15, 0.2) is 0 Å². The van der Waals surface area contributed by atoms with E-state index in [9.17, 15) is 4.79 Å². The lowest BCUT2D eigenvalue weighted by molar-refractivity contribution is -0.122. The summed E-state index contributed by atoms with van der Waals surface area (Å²) in [5, 5.41) is 3.06. The summed E-state index contributed by atoms with van der Waals surface area (Å²) in [6.07, 6.45) is 3.34. The van der Waals surface area contributed by atoms with Gasteiger partial charge in [0, 0.05) is 6.04 Å². The molecule has 0 heterocycles. The molecular formula is C14H21ClN2O. The van der Waals surface area contributed by atoms with E-state index in [0.717, 1.165) is 6.42 Å². The van der Waals surface area contributed by atoms with Crippen molar-refractivity contribution in [2.24, 2.45) is 11.7 Å². The van der Waals surface area contributed by atoms with Gasteiger partial charge in [0.1, 0.15) is 0 Å². The summed E-state index contributed by atoms with van der Waals surface area (Å²) in [6.45, 7) is 1.72. The number of halogens is 1. The topological polar surface area (TPSA) is 55.1 Å². The summed E-state index contributed by atoms with van der Waals surface area (Å²) >= 11 is 0. The third-order valence-electron chi connectivity index (χ3n) is 3.23. The highest BCUT2D eigenvalue weighted by Gasteiger charge is 2.32. The highest BCUT2D eigenvalue weighted by molar-refractivity contribution is 5.85. The normalized spacial score (nSPS) is 17.4. The fourth-order valence-corrected chi connectivity index (χ4v) is 2.02. The van der Waals surface area contributed by atoms with Crippen molar-refractivity contribution < 1.29 is 4.79 Å². The molecule has 1 fully saturated rings. The molecule has 18 heavy (non-hydrogen) atoms. The fourth-order valence-electron chi connectivity index (χ4n) is 2.02. The van der Waals surface area contributed by atoms with Crippen LogP contribution in [0.1, 0.15) is 25.3 Å². The maximum absolute atomic E-state index is 11.6. The van der Waals surface area contributed by atoms with Crippen molar-refractivity contribution in [2.45, 2.75) is 38.3 Å². The molecule has 1 aliphatic rings. The maximum Gasteiger partial charge on any atom is 0.236 e. The van der Waals surface area contributed by atoms with Gasteiger partial charge in [-0.05, 0) is 37.7 Å². The molecule has 1 amide bonds. The third-order valence-corrected chi connectivity index (χ3v) is 3.23. The monoisotopic (exact) mass is 268 g/mol. The maximum atomic E-state index is 11.6. The predicted molar refractivity (Wildman–Crippen MR) is 75.7 cm³/mol. The molecule has 1 aromatic carbocycles. The lowest BCUT2D eigenvalue weighted by Gasteiger charge is -2.19. The van der Waals surface area contributed by atoms with E-state index >= 15 is 0 Å². The Labute approximate surface area is 115 Å². The Balaban J connectivity index is 0.00000162. The largest absolute Gasteiger partial charge is 0.351 e. The van der Waals surface area contributed by atoms with Gasteiger partial charge in [-0.2, -0.15) is 0 Å². The molecule has 0 aliphatic heterocycles. The van der Waals surface area contributed by atoms with Gasteiger partial charge in [0.2, 0.25) is 5.91 Å². The van der Waals surface area contributed by atoms with Crippen molar-refractivity contribution in [2.75, 3.05) is 0 Å². The molecule has 1 aromatic rings. The molecule has 0 aromatic heterocycles. The number of nitrogens with two attached hydrogens (primary N) is 1. The Bertz CT molecular complexity index is 377. The number of nitrogens with one attached hydrogen (secondary N) is 1. The Morgan fingerprint density at radius 3 is 2.50 bits per heavy atom. The molecular weight excluding hydrogens is 248 g/mol. The minimum atomic E-state index is -0.424. The number of benzene rings is 1. The minimum Gasteiger partial charge on any atom is -0.351 e. The quantitative estimate of drug-likeness (QED) is 0.857. The molecule has 100 valence electrons. The summed E-state index contributed by atoms with van der Waals surface area (Å²) in [6, 6.07) is 10.1. The molecule has 1 unspecified atom stereocenters. The van der Waals surface area contributed by atoms with Gasteiger partial charge >= 0.3 is 0 Å². The van der Waals surface area contributed by atoms with Gasteiger partial charge in [0.05, 0.1) is 6.04 Å². The first-order valence-electron chi connectivity index (χ1n) is 6.26. The van der Waals surface area contributed by atoms with E-state index in [-0.39, 0.29) is 24.4 Å². The average Bonchev–Trinajstić information content (AvgIpc) is 3.13. The second kappa shape index (κ2) is 6.76. The van der Waals surface area contributed by atoms with Crippen LogP contribution in [0.15, 0.2) is 30.3 Å². The number of rotatable bonds is 5. The number of hydrogen-bond donors (Lipinski definition) is 2. The van der Waals surface area contributed by atoms with Gasteiger partial charge in [-0.25, -0.2) is 0 Å². The van der Waals surface area contributed by atoms with Crippen molar-refractivity contribution in [1.82, 2.24) is 5.32 Å². The first-order valence-corrected chi connectivity index (χ1v) is 6.26. The third kappa shape index (κ3) is 4.31. The molecule has 0 bridgehead atoms. The van der Waals surface area contributed by atoms with E-state index in [2.05, 4.69) is 17.4 Å². The first kappa shape index (κ1) is 15.0. The van der Waals surface area contributed by atoms with Crippen molar-refractivity contribution >= 4 is 18.3 Å². The summed E-state index contributed by atoms with van der Waals surface area (Å²) in [5.41, 5.74) is 6.86. The van der Waals surface area contributed by atoms with Crippen LogP contribution in [0, 0.1) is 5.92 Å². The van der Waals surface area contributed by atoms with Crippen molar-refractivity contribution in [3.63, 3.8) is 0 Å². The number of amides is 1. The lowest BCUT2D eigenvalue weighted by Crippen LogP contribution is -2.45. The van der Waals surface area contributed by atoms with Crippen LogP contribution in [0.25, 0.3) is 0 Å². The SMILES string of the molecule is C[C@H](N)C(=O)NC(Cc1ccccc1)C1CC1.Cl. The fraction of sp³-hybridized carbons (Fsp3) is 0.500. The Morgan fingerprint density at radius 1 is 1.39 bits per heavy atom. The van der Waals surface area contributed by atoms with Crippen LogP contribution >= 0.6 is 12.4 Å². The van der Waals surface area contributed by atoms with E-state index in [4.69, 9.17) is 5.73 Å². The molecule has 2 atom stereocenters. The van der Waals surface area contributed by atoms with Gasteiger partial charge in [-0.15, -0.1) is 12.4 Å². The van der Waals surface area contributed by atoms with E-state index in [0.29, 0.717) is 5.92 Å². The smallest absolute Gasteiger partial charge is 0.236 e. The highest BCUT2D eigenvalue weighted by atomic mass is 35.5. The van der Waals surface area contributed by atoms with Crippen LogP contribution in [0.3, 0.4) is 0 Å². The molecule has 2 rings (SSSR count). The molecule has 3 N–H and O–H groups in total. The van der Waals surface area contributed by atoms with E-state index in [1.165, 1.54) is 18.4 Å². The van der Waals surface area contributed by atoms with Gasteiger partial charge < -0.3 is 11.1 Å². The van der Waals surface area contributed by atoms with Crippen LogP contribution < -0.4 is 11.1 Å². The zero-order chi connectivity index (χ0) is 12.3. The molecule has 1 saturated carbocycles. The van der Waals surface area contributed by atoms with Crippen LogP contribution in [0.2, 0.25) is 0 Å². The molecule has 3 nitrogen and oxygen atoms in total. The van der Waals surface area contributed by atoms with Crippen molar-refractivity contribution in [1.29, 1.82) is 0 Å². The Kier molecular flexibility index (Phi) is 5.63. The minimum absolute atomic E-state index is 0. The van der Waals surface area contributed by atoms with E-state index in [1.807, 2.05) is 18.2 Å². The van der Waals surface area contributed by atoms with Gasteiger partial charge in [-0.1, -0.05) is 30.3 Å². The molecule has 4 heteroatoms. The summed E-state index contributed by atoms with van der Waals surface area (Å²) in [5.74, 6) is 0.593. The summed E-state index contributed by atoms with van der Waals surface area (Å²) < 4.78 is 0. The van der Waals surface area contributed by atoms with Crippen LogP contribution in [0.4, 0.5) is 0 Å². The zero-order valence-electron chi connectivity index (χ0n) is 10.6. The molecule has 0 saturated heterocycles. The van der Waals surface area contributed by atoms with Gasteiger partial charge in [-0.3, -0.25) is 4.79 Å². The average molecular weight is 269 g/mol. The van der Waals surface area contributed by atoms with Gasteiger partial charge in [0.25, 0.3) is 0 Å². The van der Waals surface area contributed by atoms with Crippen LogP contribution in [-0.2, 0) is 11.2 Å². The Hall–Kier alpha value is -1.06. The van der Waals surface area contributed by atoms with Crippen LogP contribution in [-0.4, -0.2) is 18.0 Å². The van der Waals surface area contributed by atoms with E-state index in [1.54, 1.807) is 6.92 Å². The standard InChI is InChI=1S/C14H20N2O.ClH/c1-10(15)14(17)16-13(12-7-8-12)9-11-5-3-2-4-6-11;/h2-6,10,12-13H,7-9,15H2,1H3,(H,16,17);1H/t10-,13?;/m0./s1. The Morgan fingerprint density at radius 2 is 2.00 bits per heavy atom. The molecule has 1 aliphatic carbocycles. The predicted octanol–water partition coefficient (Wildman–Crippen LogP) is 1.89. The van der Waals surface area contributed by atoms with Crippen molar-refractivity contribution in [3.8, 4) is 0 Å². The number of carbonyl (C=O) groups excluding carboxylic acids is 1. The summed E-state index contributed by atoms with van der Waals surface area (Å²) in [7, 11) is 0. The second-order valence-corrected chi connectivity index (χ2v) is 4.93. The first-order chi connectivity index (χ1) is 8.16. The zero-order valence-corrected chi connectivity index (χ0v) is 11.5. The molecule has 0 radical (unpaired) electrons. The lowest BCUT2D eigenvalue weighted by atomic mass is 10.0. The van der Waals surface area contributed by atoms with Crippen LogP contribution in [0.5, 0.6) is 0 Å². The second-order valence-electron chi connectivity index (χ2n) is 4.93. The highest BCUT2D eigenvalue weighted by Crippen LogP contribution is 2.34. The molecule has 0 spiro atoms. The summed E-state index contributed by atoms with van der Waals surface area (Å²) in [4.78, 5) is 11.6. The van der Waals surface area contributed by atoms with Crippen molar-refractivity contribution in [3.05, 3.63) is 35.9 Å². The number of hydrogen-bond acceptors (Lipinski definition) is 2.